The second kappa shape index (κ2) is 7.02. The number of hydrogen-bond donors (Lipinski definition) is 0. The van der Waals surface area contributed by atoms with Gasteiger partial charge in [0.25, 0.3) is 0 Å². The summed E-state index contributed by atoms with van der Waals surface area (Å²) in [6.45, 7) is 17.8. The molecule has 0 heteroatoms. The second-order valence-corrected chi connectivity index (χ2v) is 13.0. The molecule has 0 N–H and O–H groups in total. The lowest BCUT2D eigenvalue weighted by molar-refractivity contribution is -0.0846. The van der Waals surface area contributed by atoms with Crippen LogP contribution in [0, 0.1) is 51.2 Å². The Labute approximate surface area is 177 Å². The summed E-state index contributed by atoms with van der Waals surface area (Å²) < 4.78 is 0. The third-order valence-electron chi connectivity index (χ3n) is 11.9. The predicted octanol–water partition coefficient (Wildman–Crippen LogP) is 8.89. The van der Waals surface area contributed by atoms with E-state index in [1.54, 1.807) is 25.7 Å². The van der Waals surface area contributed by atoms with Gasteiger partial charge in [0.1, 0.15) is 0 Å². The molecule has 0 heterocycles. The van der Waals surface area contributed by atoms with Gasteiger partial charge in [-0.2, -0.15) is 0 Å². The van der Waals surface area contributed by atoms with Crippen LogP contribution in [0.1, 0.15) is 126 Å². The molecule has 0 aromatic carbocycles. The lowest BCUT2D eigenvalue weighted by Gasteiger charge is -2.57. The Hall–Kier alpha value is 0. The molecule has 5 fully saturated rings. The summed E-state index contributed by atoms with van der Waals surface area (Å²) in [6, 6.07) is 0. The number of unbranched alkanes of at least 4 members (excludes halogenated alkanes) is 3. The first-order valence-corrected chi connectivity index (χ1v) is 13.2. The van der Waals surface area contributed by atoms with Crippen LogP contribution < -0.4 is 0 Å². The van der Waals surface area contributed by atoms with E-state index in [1.807, 2.05) is 0 Å². The van der Waals surface area contributed by atoms with Crippen molar-refractivity contribution in [2.24, 2.45) is 51.2 Å². The van der Waals surface area contributed by atoms with Crippen LogP contribution >= 0.6 is 0 Å². The summed E-state index contributed by atoms with van der Waals surface area (Å²) in [6.07, 6.45) is 17.9. The van der Waals surface area contributed by atoms with Crippen LogP contribution in [-0.2, 0) is 0 Å². The Bertz CT molecular complexity index is 575. The van der Waals surface area contributed by atoms with Crippen molar-refractivity contribution in [3.63, 3.8) is 0 Å². The minimum absolute atomic E-state index is 0.673. The van der Waals surface area contributed by atoms with Crippen LogP contribution in [0.15, 0.2) is 0 Å². The molecule has 0 aliphatic heterocycles. The highest BCUT2D eigenvalue weighted by Crippen LogP contribution is 2.88. The predicted molar refractivity (Wildman–Crippen MR) is 122 cm³/mol. The fraction of sp³-hybridized carbons (Fsp3) is 1.00. The Morgan fingerprint density at radius 3 is 2.11 bits per heavy atom. The number of hydrogen-bond acceptors (Lipinski definition) is 0. The Morgan fingerprint density at radius 2 is 1.46 bits per heavy atom. The average Bonchev–Trinajstić information content (AvgIpc) is 2.97. The quantitative estimate of drug-likeness (QED) is 0.425. The first-order chi connectivity index (χ1) is 13.2. The topological polar surface area (TPSA) is 0 Å². The monoisotopic (exact) mass is 386 g/mol. The van der Waals surface area contributed by atoms with E-state index in [-0.39, 0.29) is 0 Å². The molecule has 0 aromatic rings. The van der Waals surface area contributed by atoms with Gasteiger partial charge in [0.2, 0.25) is 0 Å². The van der Waals surface area contributed by atoms with Crippen molar-refractivity contribution >= 4 is 0 Å². The maximum absolute atomic E-state index is 2.74. The molecule has 0 amide bonds. The zero-order chi connectivity index (χ0) is 20.4. The molecule has 0 saturated heterocycles. The largest absolute Gasteiger partial charge is 0.0654 e. The second-order valence-electron chi connectivity index (χ2n) is 13.0. The highest BCUT2D eigenvalue weighted by molar-refractivity contribution is 5.30. The Balaban J connectivity index is 0.000000283. The van der Waals surface area contributed by atoms with E-state index in [9.17, 15) is 0 Å². The van der Waals surface area contributed by atoms with Gasteiger partial charge >= 0.3 is 0 Å². The summed E-state index contributed by atoms with van der Waals surface area (Å²) in [7, 11) is 0. The van der Waals surface area contributed by atoms with E-state index in [2.05, 4.69) is 48.5 Å². The SMILES string of the molecule is CC1CCC2(C)C3CCC4(C)CCCC4C3CC3(C)C2C13C.CCCCCC. The van der Waals surface area contributed by atoms with Crippen molar-refractivity contribution in [2.75, 3.05) is 0 Å². The highest BCUT2D eigenvalue weighted by Gasteiger charge is 2.82. The first-order valence-electron chi connectivity index (χ1n) is 13.2. The van der Waals surface area contributed by atoms with E-state index in [0.717, 1.165) is 35.0 Å². The summed E-state index contributed by atoms with van der Waals surface area (Å²) >= 11 is 0. The van der Waals surface area contributed by atoms with Gasteiger partial charge in [-0.05, 0) is 96.2 Å². The van der Waals surface area contributed by atoms with Gasteiger partial charge in [0, 0.05) is 0 Å². The van der Waals surface area contributed by atoms with Crippen LogP contribution in [0.5, 0.6) is 0 Å². The van der Waals surface area contributed by atoms with Crippen LogP contribution in [0.25, 0.3) is 0 Å². The van der Waals surface area contributed by atoms with Crippen molar-refractivity contribution in [1.82, 2.24) is 0 Å². The van der Waals surface area contributed by atoms with Crippen molar-refractivity contribution in [3.05, 3.63) is 0 Å². The van der Waals surface area contributed by atoms with Crippen LogP contribution in [0.3, 0.4) is 0 Å². The van der Waals surface area contributed by atoms with Gasteiger partial charge in [0.15, 0.2) is 0 Å². The van der Waals surface area contributed by atoms with Crippen molar-refractivity contribution in [1.29, 1.82) is 0 Å². The molecule has 28 heavy (non-hydrogen) atoms. The normalized spacial score (nSPS) is 56.0. The summed E-state index contributed by atoms with van der Waals surface area (Å²) in [4.78, 5) is 0. The van der Waals surface area contributed by atoms with E-state index >= 15 is 0 Å². The minimum atomic E-state index is 0.673. The Morgan fingerprint density at radius 1 is 0.786 bits per heavy atom. The molecule has 0 bridgehead atoms. The third kappa shape index (κ3) is 2.67. The molecule has 9 atom stereocenters. The summed E-state index contributed by atoms with van der Waals surface area (Å²) in [5.74, 6) is 5.21. The zero-order valence-electron chi connectivity index (χ0n) is 20.4. The molecule has 9 unspecified atom stereocenters. The zero-order valence-corrected chi connectivity index (χ0v) is 20.4. The molecule has 162 valence electrons. The van der Waals surface area contributed by atoms with Crippen molar-refractivity contribution < 1.29 is 0 Å². The van der Waals surface area contributed by atoms with Gasteiger partial charge in [-0.1, -0.05) is 80.6 Å². The minimum Gasteiger partial charge on any atom is -0.0654 e. The molecular formula is C28H50. The fourth-order valence-corrected chi connectivity index (χ4v) is 10.2. The molecule has 5 aliphatic rings. The average molecular weight is 387 g/mol. The highest BCUT2D eigenvalue weighted by atomic mass is 14.9. The number of fused-ring (bicyclic) bond motifs is 5. The molecule has 5 saturated carbocycles. The summed E-state index contributed by atoms with van der Waals surface area (Å²) in [5.41, 5.74) is 2.76. The van der Waals surface area contributed by atoms with E-state index in [0.29, 0.717) is 16.2 Å². The van der Waals surface area contributed by atoms with E-state index in [4.69, 9.17) is 0 Å². The Kier molecular flexibility index (Phi) is 5.32. The van der Waals surface area contributed by atoms with E-state index in [1.165, 1.54) is 51.4 Å². The van der Waals surface area contributed by atoms with Crippen LogP contribution in [-0.4, -0.2) is 0 Å². The maximum atomic E-state index is 2.74. The lowest BCUT2D eigenvalue weighted by Crippen LogP contribution is -2.50. The molecule has 0 spiro atoms. The van der Waals surface area contributed by atoms with Crippen LogP contribution in [0.2, 0.25) is 0 Å². The van der Waals surface area contributed by atoms with Crippen LogP contribution in [0.4, 0.5) is 0 Å². The van der Waals surface area contributed by atoms with E-state index < -0.39 is 0 Å². The molecule has 0 aromatic heterocycles. The molecule has 5 aliphatic carbocycles. The standard InChI is InChI=1S/C22H36.C6H14/c1-14-8-12-20(3)17-9-11-19(2)10-6-7-16(19)15(17)13-21(4)18(20)22(14,21)5;1-3-5-6-4-2/h14-18H,6-13H2,1-5H3;3-6H2,1-2H3. The van der Waals surface area contributed by atoms with Gasteiger partial charge in [-0.15, -0.1) is 0 Å². The van der Waals surface area contributed by atoms with Gasteiger partial charge < -0.3 is 0 Å². The number of rotatable bonds is 3. The first kappa shape index (κ1) is 21.2. The van der Waals surface area contributed by atoms with Crippen molar-refractivity contribution in [3.8, 4) is 0 Å². The third-order valence-corrected chi connectivity index (χ3v) is 11.9. The molecule has 0 nitrogen and oxygen atoms in total. The van der Waals surface area contributed by atoms with Gasteiger partial charge in [0.05, 0.1) is 0 Å². The molecule has 0 radical (unpaired) electrons. The fourth-order valence-electron chi connectivity index (χ4n) is 10.2. The smallest absolute Gasteiger partial charge is 0.0204 e. The van der Waals surface area contributed by atoms with Crippen molar-refractivity contribution in [2.45, 2.75) is 126 Å². The summed E-state index contributed by atoms with van der Waals surface area (Å²) in [5, 5.41) is 0. The van der Waals surface area contributed by atoms with Gasteiger partial charge in [-0.25, -0.2) is 0 Å². The molecule has 5 rings (SSSR count). The lowest BCUT2D eigenvalue weighted by atomic mass is 9.47. The maximum Gasteiger partial charge on any atom is -0.0204 e. The molecular weight excluding hydrogens is 336 g/mol. The van der Waals surface area contributed by atoms with Gasteiger partial charge in [-0.3, -0.25) is 0 Å².